The lowest BCUT2D eigenvalue weighted by atomic mass is 10.1. The summed E-state index contributed by atoms with van der Waals surface area (Å²) in [6.45, 7) is 2.87. The largest absolute Gasteiger partial charge is 0.300 e. The number of carbonyl (C=O) groups excluding carboxylic acids is 2. The maximum Gasteiger partial charge on any atom is 0.300 e. The minimum atomic E-state index is -3.67. The number of nitrogens with zero attached hydrogens (tertiary/aromatic N) is 3. The number of fused-ring (bicyclic) bond motifs is 2. The molecule has 0 aromatic heterocycles. The Bertz CT molecular complexity index is 1400. The number of rotatable bonds is 4. The highest BCUT2D eigenvalue weighted by atomic mass is 32.2. The number of sulfonamides is 1. The fraction of sp³-hybridized carbons (Fsp3) is 0.250. The highest BCUT2D eigenvalue weighted by Crippen LogP contribution is 2.33. The normalized spacial score (nSPS) is 17.7. The number of aryl methyl sites for hydroxylation is 1. The predicted molar refractivity (Wildman–Crippen MR) is 122 cm³/mol. The summed E-state index contributed by atoms with van der Waals surface area (Å²) in [5, 5.41) is 1.82. The molecule has 2 heterocycles. The summed E-state index contributed by atoms with van der Waals surface area (Å²) in [4.78, 5) is 28.1. The van der Waals surface area contributed by atoms with E-state index in [4.69, 9.17) is 0 Å². The molecular weight excluding hydrogens is 445 g/mol. The van der Waals surface area contributed by atoms with E-state index in [1.807, 2.05) is 29.2 Å². The zero-order valence-electron chi connectivity index (χ0n) is 18.0. The molecule has 0 radical (unpaired) electrons. The van der Waals surface area contributed by atoms with Crippen LogP contribution in [-0.2, 0) is 14.8 Å². The number of piperazine rings is 1. The molecule has 2 aliphatic rings. The molecule has 3 aromatic rings. The molecule has 0 saturated carbocycles. The lowest BCUT2D eigenvalue weighted by Crippen LogP contribution is -2.52. The van der Waals surface area contributed by atoms with Crippen molar-refractivity contribution in [1.82, 2.24) is 9.21 Å². The van der Waals surface area contributed by atoms with Crippen LogP contribution in [0.3, 0.4) is 0 Å². The van der Waals surface area contributed by atoms with Gasteiger partial charge in [-0.05, 0) is 47.5 Å². The second kappa shape index (κ2) is 8.02. The molecule has 33 heavy (non-hydrogen) atoms. The highest BCUT2D eigenvalue weighted by molar-refractivity contribution is 7.89. The first-order valence-corrected chi connectivity index (χ1v) is 12.1. The molecule has 2 aliphatic heterocycles. The van der Waals surface area contributed by atoms with Gasteiger partial charge in [-0.1, -0.05) is 30.3 Å². The van der Waals surface area contributed by atoms with E-state index in [2.05, 4.69) is 0 Å². The lowest BCUT2D eigenvalue weighted by Gasteiger charge is -2.35. The van der Waals surface area contributed by atoms with Gasteiger partial charge in [-0.3, -0.25) is 19.4 Å². The SMILES string of the molecule is Cc1cc(F)c2c(c1)C(=O)C(=O)N2CN1CCN(S(=O)(=O)c2ccc3ccccc3c2)CC1. The van der Waals surface area contributed by atoms with Crippen molar-refractivity contribution in [3.63, 3.8) is 0 Å². The van der Waals surface area contributed by atoms with E-state index in [9.17, 15) is 22.4 Å². The lowest BCUT2D eigenvalue weighted by molar-refractivity contribution is -0.114. The summed E-state index contributed by atoms with van der Waals surface area (Å²) in [7, 11) is -3.67. The summed E-state index contributed by atoms with van der Waals surface area (Å²) in [5.41, 5.74) is 0.651. The molecule has 0 atom stereocenters. The number of ketones is 1. The molecule has 3 aromatic carbocycles. The first-order chi connectivity index (χ1) is 15.8. The van der Waals surface area contributed by atoms with Crippen LogP contribution in [0.25, 0.3) is 10.8 Å². The molecule has 1 amide bonds. The topological polar surface area (TPSA) is 78.0 Å². The molecule has 170 valence electrons. The average molecular weight is 468 g/mol. The Balaban J connectivity index is 1.31. The molecule has 0 spiro atoms. The van der Waals surface area contributed by atoms with Crippen molar-refractivity contribution >= 4 is 38.2 Å². The molecule has 1 fully saturated rings. The third-order valence-electron chi connectivity index (χ3n) is 6.19. The van der Waals surface area contributed by atoms with E-state index in [0.717, 1.165) is 15.7 Å². The number of benzene rings is 3. The van der Waals surface area contributed by atoms with E-state index >= 15 is 0 Å². The number of anilines is 1. The first kappa shape index (κ1) is 21.7. The molecular formula is C24H22FN3O4S. The quantitative estimate of drug-likeness (QED) is 0.552. The van der Waals surface area contributed by atoms with Gasteiger partial charge >= 0.3 is 5.91 Å². The minimum absolute atomic E-state index is 0.00168. The summed E-state index contributed by atoms with van der Waals surface area (Å²) in [6, 6.07) is 15.5. The number of hydrogen-bond donors (Lipinski definition) is 0. The van der Waals surface area contributed by atoms with Crippen molar-refractivity contribution in [2.45, 2.75) is 11.8 Å². The smallest absolute Gasteiger partial charge is 0.288 e. The van der Waals surface area contributed by atoms with Crippen LogP contribution < -0.4 is 4.90 Å². The van der Waals surface area contributed by atoms with Gasteiger partial charge in [0, 0.05) is 26.2 Å². The van der Waals surface area contributed by atoms with Gasteiger partial charge in [0.25, 0.3) is 5.78 Å². The summed E-state index contributed by atoms with van der Waals surface area (Å²) in [5.74, 6) is -2.09. The second-order valence-electron chi connectivity index (χ2n) is 8.38. The highest BCUT2D eigenvalue weighted by Gasteiger charge is 2.40. The third kappa shape index (κ3) is 3.72. The number of hydrogen-bond acceptors (Lipinski definition) is 5. The van der Waals surface area contributed by atoms with Crippen LogP contribution in [0.15, 0.2) is 59.5 Å². The average Bonchev–Trinajstić information content (AvgIpc) is 3.04. The Morgan fingerprint density at radius 3 is 2.33 bits per heavy atom. The van der Waals surface area contributed by atoms with Crippen molar-refractivity contribution < 1.29 is 22.4 Å². The number of Topliss-reactive ketones (excluding diaryl/α,β-unsaturated/α-hetero) is 1. The van der Waals surface area contributed by atoms with Crippen LogP contribution in [0.1, 0.15) is 15.9 Å². The zero-order chi connectivity index (χ0) is 23.3. The first-order valence-electron chi connectivity index (χ1n) is 10.6. The fourth-order valence-corrected chi connectivity index (χ4v) is 5.90. The Hall–Kier alpha value is -3.14. The van der Waals surface area contributed by atoms with Crippen LogP contribution in [-0.4, -0.2) is 62.2 Å². The van der Waals surface area contributed by atoms with Crippen LogP contribution in [0, 0.1) is 12.7 Å². The maximum atomic E-state index is 14.6. The molecule has 0 unspecified atom stereocenters. The number of amides is 1. The van der Waals surface area contributed by atoms with Gasteiger partial charge in [-0.25, -0.2) is 12.8 Å². The summed E-state index contributed by atoms with van der Waals surface area (Å²) < 4.78 is 42.3. The Morgan fingerprint density at radius 2 is 1.61 bits per heavy atom. The minimum Gasteiger partial charge on any atom is -0.288 e. The van der Waals surface area contributed by atoms with Crippen molar-refractivity contribution in [3.05, 3.63) is 71.5 Å². The Labute approximate surface area is 191 Å². The van der Waals surface area contributed by atoms with Gasteiger partial charge in [0.2, 0.25) is 10.0 Å². The van der Waals surface area contributed by atoms with Gasteiger partial charge < -0.3 is 0 Å². The van der Waals surface area contributed by atoms with Gasteiger partial charge in [0.05, 0.1) is 22.8 Å². The van der Waals surface area contributed by atoms with Gasteiger partial charge in [0.15, 0.2) is 0 Å². The fourth-order valence-electron chi connectivity index (χ4n) is 4.44. The maximum absolute atomic E-state index is 14.6. The van der Waals surface area contributed by atoms with Crippen molar-refractivity contribution in [2.75, 3.05) is 37.7 Å². The van der Waals surface area contributed by atoms with E-state index in [1.165, 1.54) is 16.4 Å². The molecule has 0 aliphatic carbocycles. The molecule has 0 bridgehead atoms. The van der Waals surface area contributed by atoms with Crippen LogP contribution >= 0.6 is 0 Å². The Kier molecular flexibility index (Phi) is 5.27. The predicted octanol–water partition coefficient (Wildman–Crippen LogP) is 2.78. The standard InChI is InChI=1S/C24H22FN3O4S/c1-16-12-20-22(21(25)13-16)28(24(30)23(20)29)15-26-8-10-27(11-9-26)33(31,32)19-7-6-17-4-2-3-5-18(17)14-19/h2-7,12-14H,8-11,15H2,1H3. The van der Waals surface area contributed by atoms with E-state index in [-0.39, 0.29) is 35.9 Å². The van der Waals surface area contributed by atoms with E-state index < -0.39 is 27.5 Å². The Morgan fingerprint density at radius 1 is 0.909 bits per heavy atom. The van der Waals surface area contributed by atoms with Crippen LogP contribution in [0.2, 0.25) is 0 Å². The van der Waals surface area contributed by atoms with E-state index in [1.54, 1.807) is 25.1 Å². The number of halogens is 1. The summed E-state index contributed by atoms with van der Waals surface area (Å²) >= 11 is 0. The van der Waals surface area contributed by atoms with Gasteiger partial charge in [-0.2, -0.15) is 4.31 Å². The second-order valence-corrected chi connectivity index (χ2v) is 10.3. The molecule has 1 saturated heterocycles. The van der Waals surface area contributed by atoms with E-state index in [0.29, 0.717) is 18.7 Å². The molecule has 5 rings (SSSR count). The molecule has 9 heteroatoms. The van der Waals surface area contributed by atoms with Crippen molar-refractivity contribution in [1.29, 1.82) is 0 Å². The van der Waals surface area contributed by atoms with Gasteiger partial charge in [0.1, 0.15) is 5.82 Å². The third-order valence-corrected chi connectivity index (χ3v) is 8.09. The van der Waals surface area contributed by atoms with Crippen LogP contribution in [0.4, 0.5) is 10.1 Å². The number of carbonyl (C=O) groups is 2. The van der Waals surface area contributed by atoms with Crippen LogP contribution in [0.5, 0.6) is 0 Å². The van der Waals surface area contributed by atoms with Gasteiger partial charge in [-0.15, -0.1) is 0 Å². The molecule has 0 N–H and O–H groups in total. The monoisotopic (exact) mass is 467 g/mol. The molecule has 7 nitrogen and oxygen atoms in total. The van der Waals surface area contributed by atoms with Crippen molar-refractivity contribution in [2.24, 2.45) is 0 Å². The zero-order valence-corrected chi connectivity index (χ0v) is 18.8. The summed E-state index contributed by atoms with van der Waals surface area (Å²) in [6.07, 6.45) is 0. The van der Waals surface area contributed by atoms with Crippen molar-refractivity contribution in [3.8, 4) is 0 Å².